The van der Waals surface area contributed by atoms with Crippen molar-refractivity contribution in [2.24, 2.45) is 10.7 Å². The van der Waals surface area contributed by atoms with E-state index in [4.69, 9.17) is 15.7 Å². The van der Waals surface area contributed by atoms with Gasteiger partial charge in [-0.1, -0.05) is 12.6 Å². The van der Waals surface area contributed by atoms with Crippen molar-refractivity contribution in [1.82, 2.24) is 9.97 Å². The molecule has 0 saturated carbocycles. The van der Waals surface area contributed by atoms with Crippen LogP contribution in [0.5, 0.6) is 0 Å². The number of carbonyl (C=O) groups excluding carboxylic acids is 1. The predicted molar refractivity (Wildman–Crippen MR) is 105 cm³/mol. The Hall–Kier alpha value is -3.78. The summed E-state index contributed by atoms with van der Waals surface area (Å²) in [4.78, 5) is 24.6. The number of aromatic nitrogens is 2. The molecule has 1 amide bonds. The van der Waals surface area contributed by atoms with E-state index in [9.17, 15) is 18.0 Å². The monoisotopic (exact) mass is 430 g/mol. The lowest BCUT2D eigenvalue weighted by molar-refractivity contribution is -0.237. The topological polar surface area (TPSA) is 126 Å². The molecule has 0 aliphatic carbocycles. The van der Waals surface area contributed by atoms with Crippen LogP contribution in [0.3, 0.4) is 0 Å². The number of alkyl halides is 3. The summed E-state index contributed by atoms with van der Waals surface area (Å²) in [6.07, 6.45) is -3.01. The van der Waals surface area contributed by atoms with Gasteiger partial charge in [0.25, 0.3) is 5.91 Å². The molecule has 11 heteroatoms. The SMILES string of the molecule is C=C[C@@]1(C(F)(F)F)OC[C@@](C)(c2cccc(NC(=O)c3ccc(C#N)cn3)n2)N=C1N. The molecule has 3 N–H and O–H groups in total. The zero-order chi connectivity index (χ0) is 22.9. The number of halogens is 3. The number of anilines is 1. The van der Waals surface area contributed by atoms with E-state index in [-0.39, 0.29) is 17.2 Å². The maximum atomic E-state index is 13.5. The molecule has 8 nitrogen and oxygen atoms in total. The van der Waals surface area contributed by atoms with Crippen LogP contribution >= 0.6 is 0 Å². The molecule has 0 aromatic carbocycles. The fraction of sp³-hybridized carbons (Fsp3) is 0.250. The Morgan fingerprint density at radius 1 is 1.39 bits per heavy atom. The van der Waals surface area contributed by atoms with Crippen LogP contribution in [0.25, 0.3) is 0 Å². The van der Waals surface area contributed by atoms with Gasteiger partial charge in [-0.05, 0) is 37.3 Å². The summed E-state index contributed by atoms with van der Waals surface area (Å²) in [5.41, 5.74) is 2.04. The molecule has 0 bridgehead atoms. The van der Waals surface area contributed by atoms with Gasteiger partial charge < -0.3 is 15.8 Å². The third-order valence-corrected chi connectivity index (χ3v) is 4.70. The highest BCUT2D eigenvalue weighted by atomic mass is 19.4. The smallest absolute Gasteiger partial charge is 0.384 e. The number of ether oxygens (including phenoxy) is 1. The first-order valence-electron chi connectivity index (χ1n) is 8.90. The number of hydrogen-bond donors (Lipinski definition) is 2. The van der Waals surface area contributed by atoms with Crippen LogP contribution in [0.4, 0.5) is 19.0 Å². The van der Waals surface area contributed by atoms with Crippen molar-refractivity contribution >= 4 is 17.6 Å². The Bertz CT molecular complexity index is 1090. The van der Waals surface area contributed by atoms with E-state index in [1.54, 1.807) is 6.07 Å². The normalized spacial score (nSPS) is 23.4. The summed E-state index contributed by atoms with van der Waals surface area (Å²) >= 11 is 0. The van der Waals surface area contributed by atoms with Crippen LogP contribution in [0.15, 0.2) is 54.2 Å². The molecule has 31 heavy (non-hydrogen) atoms. The maximum Gasteiger partial charge on any atom is 0.428 e. The number of nitrogens with two attached hydrogens (primary N) is 1. The van der Waals surface area contributed by atoms with Crippen molar-refractivity contribution in [1.29, 1.82) is 5.26 Å². The Labute approximate surface area is 175 Å². The van der Waals surface area contributed by atoms with Crippen LogP contribution in [-0.2, 0) is 10.3 Å². The molecule has 2 aromatic heterocycles. The van der Waals surface area contributed by atoms with E-state index in [0.717, 1.165) is 0 Å². The largest absolute Gasteiger partial charge is 0.428 e. The van der Waals surface area contributed by atoms with Crippen molar-refractivity contribution in [2.75, 3.05) is 11.9 Å². The van der Waals surface area contributed by atoms with Gasteiger partial charge in [0, 0.05) is 6.20 Å². The number of nitrogens with one attached hydrogen (secondary N) is 1. The Morgan fingerprint density at radius 3 is 2.68 bits per heavy atom. The minimum atomic E-state index is -4.83. The molecule has 160 valence electrons. The minimum Gasteiger partial charge on any atom is -0.384 e. The van der Waals surface area contributed by atoms with Crippen molar-refractivity contribution in [3.05, 3.63) is 66.1 Å². The molecule has 2 atom stereocenters. The molecule has 0 radical (unpaired) electrons. The number of rotatable bonds is 4. The molecule has 1 aliphatic rings. The third kappa shape index (κ3) is 3.97. The maximum absolute atomic E-state index is 13.5. The first-order chi connectivity index (χ1) is 14.5. The lowest BCUT2D eigenvalue weighted by atomic mass is 9.92. The Balaban J connectivity index is 1.87. The number of pyridine rings is 2. The second-order valence-corrected chi connectivity index (χ2v) is 6.90. The molecular weight excluding hydrogens is 413 g/mol. The highest BCUT2D eigenvalue weighted by Crippen LogP contribution is 2.41. The predicted octanol–water partition coefficient (Wildman–Crippen LogP) is 2.69. The lowest BCUT2D eigenvalue weighted by Gasteiger charge is -2.40. The highest BCUT2D eigenvalue weighted by Gasteiger charge is 2.60. The quantitative estimate of drug-likeness (QED) is 0.719. The number of amides is 1. The summed E-state index contributed by atoms with van der Waals surface area (Å²) in [5.74, 6) is -1.24. The van der Waals surface area contributed by atoms with Gasteiger partial charge in [-0.2, -0.15) is 18.4 Å². The van der Waals surface area contributed by atoms with E-state index >= 15 is 0 Å². The Morgan fingerprint density at radius 2 is 2.13 bits per heavy atom. The first-order valence-corrected chi connectivity index (χ1v) is 8.90. The molecular formula is C20H17F3N6O2. The molecule has 3 rings (SSSR count). The molecule has 0 saturated heterocycles. The van der Waals surface area contributed by atoms with Crippen LogP contribution < -0.4 is 11.1 Å². The van der Waals surface area contributed by atoms with Crippen molar-refractivity contribution in [3.63, 3.8) is 0 Å². The van der Waals surface area contributed by atoms with E-state index in [2.05, 4.69) is 26.9 Å². The standard InChI is InChI=1S/C20H17F3N6O2/c1-3-19(20(21,22)23)17(25)29-18(2,11-31-19)14-5-4-6-15(27-14)28-16(30)13-8-7-12(9-24)10-26-13/h3-8,10H,1,11H2,2H3,(H2,25,29)(H,27,28,30)/t18-,19+/m0/s1. The van der Waals surface area contributed by atoms with Gasteiger partial charge in [0.2, 0.25) is 5.60 Å². The molecule has 0 unspecified atom stereocenters. The van der Waals surface area contributed by atoms with Crippen molar-refractivity contribution in [2.45, 2.75) is 24.2 Å². The number of nitrogens with zero attached hydrogens (tertiary/aromatic N) is 4. The lowest BCUT2D eigenvalue weighted by Crippen LogP contribution is -2.60. The van der Waals surface area contributed by atoms with Crippen LogP contribution in [0, 0.1) is 11.3 Å². The van der Waals surface area contributed by atoms with E-state index in [1.807, 2.05) is 6.07 Å². The number of aliphatic imine (C=N–C) groups is 1. The second-order valence-electron chi connectivity index (χ2n) is 6.90. The van der Waals surface area contributed by atoms with Gasteiger partial charge in [-0.25, -0.2) is 9.97 Å². The number of carbonyl (C=O) groups is 1. The zero-order valence-corrected chi connectivity index (χ0v) is 16.3. The van der Waals surface area contributed by atoms with Gasteiger partial charge in [-0.3, -0.25) is 9.79 Å². The third-order valence-electron chi connectivity index (χ3n) is 4.70. The minimum absolute atomic E-state index is 0.0571. The van der Waals surface area contributed by atoms with Crippen LogP contribution in [0.1, 0.15) is 28.7 Å². The molecule has 0 spiro atoms. The van der Waals surface area contributed by atoms with Crippen LogP contribution in [0.2, 0.25) is 0 Å². The average molecular weight is 430 g/mol. The number of nitriles is 1. The molecule has 3 heterocycles. The summed E-state index contributed by atoms with van der Waals surface area (Å²) in [6.45, 7) is 4.23. The summed E-state index contributed by atoms with van der Waals surface area (Å²) < 4.78 is 45.5. The first kappa shape index (κ1) is 21.9. The fourth-order valence-corrected chi connectivity index (χ4v) is 2.93. The second kappa shape index (κ2) is 7.81. The number of amidine groups is 1. The zero-order valence-electron chi connectivity index (χ0n) is 16.3. The number of hydrogen-bond acceptors (Lipinski definition) is 7. The van der Waals surface area contributed by atoms with Gasteiger partial charge in [0.15, 0.2) is 0 Å². The van der Waals surface area contributed by atoms with E-state index < -0.39 is 35.7 Å². The van der Waals surface area contributed by atoms with Gasteiger partial charge >= 0.3 is 6.18 Å². The summed E-state index contributed by atoms with van der Waals surface area (Å²) in [5, 5.41) is 11.3. The van der Waals surface area contributed by atoms with Gasteiger partial charge in [0.1, 0.15) is 29.0 Å². The van der Waals surface area contributed by atoms with Gasteiger partial charge in [0.05, 0.1) is 17.9 Å². The van der Waals surface area contributed by atoms with Gasteiger partial charge in [-0.15, -0.1) is 0 Å². The van der Waals surface area contributed by atoms with E-state index in [0.29, 0.717) is 11.6 Å². The fourth-order valence-electron chi connectivity index (χ4n) is 2.93. The molecule has 1 aliphatic heterocycles. The Kier molecular flexibility index (Phi) is 5.52. The van der Waals surface area contributed by atoms with Crippen molar-refractivity contribution in [3.8, 4) is 6.07 Å². The summed E-state index contributed by atoms with van der Waals surface area (Å²) in [7, 11) is 0. The van der Waals surface area contributed by atoms with E-state index in [1.165, 1.54) is 37.4 Å². The molecule has 0 fully saturated rings. The highest BCUT2D eigenvalue weighted by molar-refractivity contribution is 6.02. The average Bonchev–Trinajstić information content (AvgIpc) is 2.73. The van der Waals surface area contributed by atoms with Crippen LogP contribution in [-0.4, -0.2) is 40.1 Å². The van der Waals surface area contributed by atoms with Crippen molar-refractivity contribution < 1.29 is 22.7 Å². The molecule has 2 aromatic rings. The summed E-state index contributed by atoms with van der Waals surface area (Å²) in [6, 6.07) is 9.30.